The van der Waals surface area contributed by atoms with E-state index in [0.717, 1.165) is 18.5 Å². The van der Waals surface area contributed by atoms with Crippen LogP contribution in [0, 0.1) is 0 Å². The Morgan fingerprint density at radius 1 is 1.40 bits per heavy atom. The van der Waals surface area contributed by atoms with Crippen molar-refractivity contribution in [1.82, 2.24) is 10.3 Å². The van der Waals surface area contributed by atoms with Gasteiger partial charge in [-0.1, -0.05) is 6.07 Å². The molecule has 0 fully saturated rings. The summed E-state index contributed by atoms with van der Waals surface area (Å²) in [5.74, 6) is 0. The summed E-state index contributed by atoms with van der Waals surface area (Å²) in [6.45, 7) is 4.51. The van der Waals surface area contributed by atoms with E-state index in [1.54, 1.807) is 0 Å². The van der Waals surface area contributed by atoms with Crippen LogP contribution in [0.2, 0.25) is 0 Å². The van der Waals surface area contributed by atoms with Crippen LogP contribution in [0.3, 0.4) is 0 Å². The Kier molecular flexibility index (Phi) is 5.29. The molecular weight excluding hydrogens is 188 g/mol. The van der Waals surface area contributed by atoms with Crippen molar-refractivity contribution in [2.75, 3.05) is 6.61 Å². The maximum Gasteiger partial charge on any atom is 0.0570 e. The Morgan fingerprint density at radius 3 is 2.80 bits per heavy atom. The second-order valence-electron chi connectivity index (χ2n) is 3.91. The summed E-state index contributed by atoms with van der Waals surface area (Å²) in [7, 11) is 0. The van der Waals surface area contributed by atoms with E-state index in [-0.39, 0.29) is 12.6 Å². The maximum absolute atomic E-state index is 8.73. The molecule has 15 heavy (non-hydrogen) atoms. The third kappa shape index (κ3) is 4.40. The van der Waals surface area contributed by atoms with Crippen molar-refractivity contribution in [2.45, 2.75) is 38.8 Å². The van der Waals surface area contributed by atoms with Gasteiger partial charge in [0.05, 0.1) is 5.69 Å². The van der Waals surface area contributed by atoms with Crippen LogP contribution in [0.1, 0.15) is 38.4 Å². The van der Waals surface area contributed by atoms with E-state index in [0.29, 0.717) is 6.04 Å². The quantitative estimate of drug-likeness (QED) is 0.750. The Labute approximate surface area is 91.5 Å². The minimum atomic E-state index is 0.264. The Bertz CT molecular complexity index is 264. The van der Waals surface area contributed by atoms with Crippen molar-refractivity contribution >= 4 is 0 Å². The molecule has 1 heterocycles. The molecule has 0 bridgehead atoms. The zero-order valence-corrected chi connectivity index (χ0v) is 9.48. The van der Waals surface area contributed by atoms with E-state index in [1.165, 1.54) is 0 Å². The first-order valence-corrected chi connectivity index (χ1v) is 5.52. The number of pyridine rings is 1. The molecule has 1 aromatic rings. The highest BCUT2D eigenvalue weighted by Crippen LogP contribution is 2.10. The monoisotopic (exact) mass is 208 g/mol. The predicted molar refractivity (Wildman–Crippen MR) is 61.6 cm³/mol. The molecule has 2 N–H and O–H groups in total. The van der Waals surface area contributed by atoms with Gasteiger partial charge < -0.3 is 10.4 Å². The van der Waals surface area contributed by atoms with Gasteiger partial charge in [0, 0.05) is 24.9 Å². The number of hydrogen-bond donors (Lipinski definition) is 2. The van der Waals surface area contributed by atoms with Crippen molar-refractivity contribution < 1.29 is 5.11 Å². The highest BCUT2D eigenvalue weighted by Gasteiger charge is 2.09. The number of hydrogen-bond acceptors (Lipinski definition) is 3. The van der Waals surface area contributed by atoms with Crippen molar-refractivity contribution in [1.29, 1.82) is 0 Å². The molecule has 0 aliphatic rings. The summed E-state index contributed by atoms with van der Waals surface area (Å²) in [5, 5.41) is 12.2. The van der Waals surface area contributed by atoms with Crippen LogP contribution >= 0.6 is 0 Å². The number of aliphatic hydroxyl groups is 1. The Balaban J connectivity index is 2.38. The molecule has 0 spiro atoms. The van der Waals surface area contributed by atoms with Crippen LogP contribution in [0.25, 0.3) is 0 Å². The minimum absolute atomic E-state index is 0.264. The van der Waals surface area contributed by atoms with Gasteiger partial charge in [0.2, 0.25) is 0 Å². The van der Waals surface area contributed by atoms with E-state index in [4.69, 9.17) is 5.11 Å². The smallest absolute Gasteiger partial charge is 0.0570 e. The highest BCUT2D eigenvalue weighted by molar-refractivity contribution is 5.07. The van der Waals surface area contributed by atoms with Gasteiger partial charge in [-0.3, -0.25) is 4.98 Å². The van der Waals surface area contributed by atoms with Crippen LogP contribution in [0.5, 0.6) is 0 Å². The maximum atomic E-state index is 8.73. The lowest BCUT2D eigenvalue weighted by molar-refractivity contribution is 0.274. The molecule has 1 aromatic heterocycles. The van der Waals surface area contributed by atoms with Gasteiger partial charge in [0.1, 0.15) is 0 Å². The molecule has 0 unspecified atom stereocenters. The van der Waals surface area contributed by atoms with E-state index < -0.39 is 0 Å². The van der Waals surface area contributed by atoms with E-state index in [9.17, 15) is 0 Å². The fourth-order valence-electron chi connectivity index (χ4n) is 1.63. The fraction of sp³-hybridized carbons (Fsp3) is 0.583. The summed E-state index contributed by atoms with van der Waals surface area (Å²) >= 11 is 0. The van der Waals surface area contributed by atoms with Crippen LogP contribution < -0.4 is 5.32 Å². The normalized spacial score (nSPS) is 14.9. The minimum Gasteiger partial charge on any atom is -0.396 e. The van der Waals surface area contributed by atoms with Crippen molar-refractivity contribution in [3.8, 4) is 0 Å². The van der Waals surface area contributed by atoms with E-state index in [1.807, 2.05) is 24.4 Å². The molecule has 0 radical (unpaired) electrons. The predicted octanol–water partition coefficient (Wildman–Crippen LogP) is 1.89. The first-order chi connectivity index (χ1) is 7.24. The van der Waals surface area contributed by atoms with E-state index in [2.05, 4.69) is 24.1 Å². The molecule has 0 aliphatic carbocycles. The summed E-state index contributed by atoms with van der Waals surface area (Å²) in [5.41, 5.74) is 1.06. The summed E-state index contributed by atoms with van der Waals surface area (Å²) < 4.78 is 0. The third-order valence-corrected chi connectivity index (χ3v) is 2.46. The molecule has 84 valence electrons. The summed E-state index contributed by atoms with van der Waals surface area (Å²) in [4.78, 5) is 4.30. The molecule has 0 aromatic carbocycles. The standard InChI is InChI=1S/C12H20N2O/c1-10(6-5-9-15)14-11(2)12-7-3-4-8-13-12/h3-4,7-8,10-11,14-15H,5-6,9H2,1-2H3/t10-,11-/m1/s1. The Morgan fingerprint density at radius 2 is 2.20 bits per heavy atom. The third-order valence-electron chi connectivity index (χ3n) is 2.46. The summed E-state index contributed by atoms with van der Waals surface area (Å²) in [6.07, 6.45) is 3.66. The zero-order chi connectivity index (χ0) is 11.1. The number of rotatable bonds is 6. The molecule has 2 atom stereocenters. The van der Waals surface area contributed by atoms with Gasteiger partial charge in [0.15, 0.2) is 0 Å². The molecule has 1 rings (SSSR count). The molecule has 0 saturated carbocycles. The van der Waals surface area contributed by atoms with Gasteiger partial charge in [-0.15, -0.1) is 0 Å². The van der Waals surface area contributed by atoms with Crippen LogP contribution in [0.4, 0.5) is 0 Å². The van der Waals surface area contributed by atoms with Gasteiger partial charge in [-0.2, -0.15) is 0 Å². The zero-order valence-electron chi connectivity index (χ0n) is 9.48. The highest BCUT2D eigenvalue weighted by atomic mass is 16.2. The lowest BCUT2D eigenvalue weighted by Gasteiger charge is -2.19. The number of nitrogens with zero attached hydrogens (tertiary/aromatic N) is 1. The molecule has 0 amide bonds. The lowest BCUT2D eigenvalue weighted by Crippen LogP contribution is -2.29. The van der Waals surface area contributed by atoms with Gasteiger partial charge in [-0.25, -0.2) is 0 Å². The van der Waals surface area contributed by atoms with Crippen molar-refractivity contribution in [3.63, 3.8) is 0 Å². The molecule has 0 aliphatic heterocycles. The second-order valence-corrected chi connectivity index (χ2v) is 3.91. The average molecular weight is 208 g/mol. The SMILES string of the molecule is C[C@H](CCCO)N[C@H](C)c1ccccn1. The van der Waals surface area contributed by atoms with Crippen LogP contribution in [-0.4, -0.2) is 22.7 Å². The number of aliphatic hydroxyl groups excluding tert-OH is 1. The number of aromatic nitrogens is 1. The van der Waals surface area contributed by atoms with Crippen LogP contribution in [-0.2, 0) is 0 Å². The van der Waals surface area contributed by atoms with Gasteiger partial charge in [-0.05, 0) is 38.8 Å². The van der Waals surface area contributed by atoms with E-state index >= 15 is 0 Å². The lowest BCUT2D eigenvalue weighted by atomic mass is 10.1. The van der Waals surface area contributed by atoms with Gasteiger partial charge in [0.25, 0.3) is 0 Å². The second kappa shape index (κ2) is 6.53. The molecular formula is C12H20N2O. The molecule has 3 heteroatoms. The van der Waals surface area contributed by atoms with Crippen molar-refractivity contribution in [3.05, 3.63) is 30.1 Å². The topological polar surface area (TPSA) is 45.1 Å². The van der Waals surface area contributed by atoms with Crippen LogP contribution in [0.15, 0.2) is 24.4 Å². The van der Waals surface area contributed by atoms with Gasteiger partial charge >= 0.3 is 0 Å². The largest absolute Gasteiger partial charge is 0.396 e. The molecule has 3 nitrogen and oxygen atoms in total. The summed E-state index contributed by atoms with van der Waals surface area (Å²) in [6, 6.07) is 6.62. The first kappa shape index (κ1) is 12.1. The molecule has 0 saturated heterocycles. The Hall–Kier alpha value is -0.930. The first-order valence-electron chi connectivity index (χ1n) is 5.52. The fourth-order valence-corrected chi connectivity index (χ4v) is 1.63. The van der Waals surface area contributed by atoms with Crippen molar-refractivity contribution in [2.24, 2.45) is 0 Å². The number of nitrogens with one attached hydrogen (secondary N) is 1. The average Bonchev–Trinajstić information content (AvgIpc) is 2.27.